The molecule has 0 spiro atoms. The molecule has 62 heavy (non-hydrogen) atoms. The Hall–Kier alpha value is -4.02. The van der Waals surface area contributed by atoms with Gasteiger partial charge in [-0.15, -0.1) is 0 Å². The lowest BCUT2D eigenvalue weighted by Crippen LogP contribution is -2.48. The Bertz CT molecular complexity index is 1470. The van der Waals surface area contributed by atoms with Gasteiger partial charge in [-0.3, -0.25) is 33.6 Å². The maximum absolute atomic E-state index is 13.2. The summed E-state index contributed by atoms with van der Waals surface area (Å²) < 4.78 is 26.9. The fraction of sp³-hybridized carbons (Fsp3) is 0.690. The highest BCUT2D eigenvalue weighted by Gasteiger charge is 2.29. The van der Waals surface area contributed by atoms with Gasteiger partial charge in [0.25, 0.3) is 0 Å². The van der Waals surface area contributed by atoms with E-state index >= 15 is 0 Å². The summed E-state index contributed by atoms with van der Waals surface area (Å²) in [6, 6.07) is 4.29. The molecule has 1 unspecified atom stereocenters. The maximum atomic E-state index is 13.2. The first-order valence-electron chi connectivity index (χ1n) is 21.0. The van der Waals surface area contributed by atoms with E-state index in [9.17, 15) is 43.8 Å². The van der Waals surface area contributed by atoms with Crippen molar-refractivity contribution in [3.05, 3.63) is 29.8 Å². The Morgan fingerprint density at radius 1 is 0.710 bits per heavy atom. The third-order valence-electron chi connectivity index (χ3n) is 9.33. The standard InChI is InChI=1S/C42H69N5O14S/c1-30(47-42(56)36(43)24-31-8-10-35(50)11-9-31)37(51)25-32(38(52)26-33(27-48)41(44)55)6-3-4-13-45-39(53)28-61-22-20-59-18-17-58-16-14-46-40(54)29-60-21-19-57-15-5-7-34(49)12-23-62-2/h8-11,30,32-33,36,48,50H,3-7,12-29,43H2,1-2H3,(H2,44,55)(H,45,53)(H,46,54)(H,47,56)/t30?,32-,33+,36+/m1/s1. The van der Waals surface area contributed by atoms with E-state index in [4.69, 9.17) is 35.2 Å². The monoisotopic (exact) mass is 899 g/mol. The summed E-state index contributed by atoms with van der Waals surface area (Å²) in [5.41, 5.74) is 12.1. The quantitative estimate of drug-likeness (QED) is 0.0426. The number of aromatic hydroxyl groups is 1. The number of ether oxygens (including phenoxy) is 5. The fourth-order valence-corrected chi connectivity index (χ4v) is 6.08. The first-order valence-corrected chi connectivity index (χ1v) is 22.4. The third-order valence-corrected chi connectivity index (χ3v) is 9.94. The largest absolute Gasteiger partial charge is 0.508 e. The number of hydrogen-bond acceptors (Lipinski definition) is 16. The summed E-state index contributed by atoms with van der Waals surface area (Å²) in [4.78, 5) is 86.3. The van der Waals surface area contributed by atoms with E-state index in [1.54, 1.807) is 23.9 Å². The number of unbranched alkanes of at least 4 members (excludes halogenated alkanes) is 1. The number of nitrogens with two attached hydrogens (primary N) is 2. The zero-order valence-electron chi connectivity index (χ0n) is 36.2. The van der Waals surface area contributed by atoms with Crippen LogP contribution in [0.2, 0.25) is 0 Å². The van der Waals surface area contributed by atoms with Crippen molar-refractivity contribution < 1.29 is 67.5 Å². The molecule has 0 aromatic heterocycles. The lowest BCUT2D eigenvalue weighted by atomic mass is 9.86. The molecule has 0 radical (unpaired) electrons. The molecule has 4 atom stereocenters. The van der Waals surface area contributed by atoms with E-state index < -0.39 is 53.9 Å². The van der Waals surface area contributed by atoms with Crippen molar-refractivity contribution in [2.45, 2.75) is 76.8 Å². The van der Waals surface area contributed by atoms with Crippen LogP contribution in [-0.4, -0.2) is 161 Å². The van der Waals surface area contributed by atoms with E-state index in [0.717, 1.165) is 11.3 Å². The molecule has 9 N–H and O–H groups in total. The van der Waals surface area contributed by atoms with Crippen LogP contribution in [0.3, 0.4) is 0 Å². The molecule has 0 bridgehead atoms. The Morgan fingerprint density at radius 2 is 1.27 bits per heavy atom. The number of phenols is 1. The Morgan fingerprint density at radius 3 is 1.87 bits per heavy atom. The molecule has 1 aromatic rings. The van der Waals surface area contributed by atoms with Gasteiger partial charge in [0.15, 0.2) is 5.78 Å². The summed E-state index contributed by atoms with van der Waals surface area (Å²) in [7, 11) is 0. The van der Waals surface area contributed by atoms with Crippen molar-refractivity contribution in [2.75, 3.05) is 97.8 Å². The van der Waals surface area contributed by atoms with Crippen molar-refractivity contribution in [1.29, 1.82) is 0 Å². The number of primary amides is 1. The highest BCUT2D eigenvalue weighted by molar-refractivity contribution is 7.98. The van der Waals surface area contributed by atoms with Gasteiger partial charge in [0.1, 0.15) is 30.5 Å². The smallest absolute Gasteiger partial charge is 0.246 e. The predicted octanol–water partition coefficient (Wildman–Crippen LogP) is -0.0168. The zero-order chi connectivity index (χ0) is 46.0. The zero-order valence-corrected chi connectivity index (χ0v) is 37.1. The number of phenolic OH excluding ortho intramolecular Hbond substituents is 1. The maximum Gasteiger partial charge on any atom is 0.246 e. The van der Waals surface area contributed by atoms with Gasteiger partial charge >= 0.3 is 0 Å². The summed E-state index contributed by atoms with van der Waals surface area (Å²) in [5, 5.41) is 27.0. The van der Waals surface area contributed by atoms with Crippen LogP contribution in [0.5, 0.6) is 5.75 Å². The van der Waals surface area contributed by atoms with E-state index in [1.807, 2.05) is 6.26 Å². The molecular formula is C42H69N5O14S. The van der Waals surface area contributed by atoms with Crippen molar-refractivity contribution >= 4 is 52.7 Å². The van der Waals surface area contributed by atoms with Crippen LogP contribution in [0.15, 0.2) is 24.3 Å². The van der Waals surface area contributed by atoms with Gasteiger partial charge in [-0.25, -0.2) is 0 Å². The van der Waals surface area contributed by atoms with Crippen LogP contribution in [0, 0.1) is 11.8 Å². The average Bonchev–Trinajstić information content (AvgIpc) is 3.24. The van der Waals surface area contributed by atoms with Gasteiger partial charge in [0.2, 0.25) is 23.6 Å². The summed E-state index contributed by atoms with van der Waals surface area (Å²) in [6.45, 7) is 3.57. The Kier molecular flexibility index (Phi) is 32.0. The minimum Gasteiger partial charge on any atom is -0.508 e. The number of carbonyl (C=O) groups is 7. The number of aliphatic hydroxyl groups excluding tert-OH is 1. The number of thioether (sulfide) groups is 1. The lowest BCUT2D eigenvalue weighted by Gasteiger charge is -2.21. The van der Waals surface area contributed by atoms with Crippen molar-refractivity contribution in [2.24, 2.45) is 23.3 Å². The molecule has 0 aliphatic rings. The Balaban J connectivity index is 2.20. The highest BCUT2D eigenvalue weighted by Crippen LogP contribution is 2.20. The number of ketones is 3. The van der Waals surface area contributed by atoms with E-state index in [1.165, 1.54) is 19.1 Å². The van der Waals surface area contributed by atoms with Crippen LogP contribution >= 0.6 is 11.8 Å². The SMILES string of the molecule is CSCCC(=O)CCCOCCOCC(=O)NCCOCCOCCOCC(=O)NCCCC[C@H](CC(=O)C(C)NC(=O)[C@@H](N)Cc1ccc(O)cc1)C(=O)C[C@@H](CO)C(N)=O. The molecule has 352 valence electrons. The first-order chi connectivity index (χ1) is 29.8. The molecule has 0 aliphatic carbocycles. The van der Waals surface area contributed by atoms with Crippen LogP contribution < -0.4 is 27.4 Å². The van der Waals surface area contributed by atoms with Crippen molar-refractivity contribution in [3.63, 3.8) is 0 Å². The molecule has 20 heteroatoms. The number of hydrogen-bond donors (Lipinski definition) is 7. The number of amides is 4. The van der Waals surface area contributed by atoms with E-state index in [2.05, 4.69) is 16.0 Å². The van der Waals surface area contributed by atoms with Gasteiger partial charge in [-0.2, -0.15) is 11.8 Å². The summed E-state index contributed by atoms with van der Waals surface area (Å²) in [6.07, 6.45) is 4.52. The molecule has 0 fully saturated rings. The number of nitrogens with one attached hydrogen (secondary N) is 3. The Labute approximate surface area is 368 Å². The van der Waals surface area contributed by atoms with Crippen LogP contribution in [-0.2, 0) is 63.7 Å². The second-order valence-electron chi connectivity index (χ2n) is 14.6. The molecule has 0 heterocycles. The van der Waals surface area contributed by atoms with Gasteiger partial charge in [0, 0.05) is 51.3 Å². The molecular weight excluding hydrogens is 831 g/mol. The van der Waals surface area contributed by atoms with Crippen LogP contribution in [0.25, 0.3) is 0 Å². The number of rotatable bonds is 40. The second-order valence-corrected chi connectivity index (χ2v) is 15.5. The van der Waals surface area contributed by atoms with Gasteiger partial charge in [-0.1, -0.05) is 18.6 Å². The minimum absolute atomic E-state index is 0.0738. The molecule has 4 amide bonds. The number of carbonyl (C=O) groups excluding carboxylic acids is 7. The number of Topliss-reactive ketones (excluding diaryl/α,β-unsaturated/α-hetero) is 3. The molecule has 19 nitrogen and oxygen atoms in total. The molecule has 1 aromatic carbocycles. The molecule has 0 saturated carbocycles. The van der Waals surface area contributed by atoms with Crippen molar-refractivity contribution in [1.82, 2.24) is 16.0 Å². The van der Waals surface area contributed by atoms with E-state index in [0.29, 0.717) is 65.1 Å². The molecule has 1 rings (SSSR count). The van der Waals surface area contributed by atoms with E-state index in [-0.39, 0.29) is 95.2 Å². The van der Waals surface area contributed by atoms with Gasteiger partial charge < -0.3 is 61.3 Å². The fourth-order valence-electron chi connectivity index (χ4n) is 5.65. The third kappa shape index (κ3) is 28.6. The van der Waals surface area contributed by atoms with Gasteiger partial charge in [-0.05, 0) is 62.3 Å². The molecule has 0 aliphatic heterocycles. The normalized spacial score (nSPS) is 13.1. The predicted molar refractivity (Wildman–Crippen MR) is 231 cm³/mol. The van der Waals surface area contributed by atoms with Crippen LogP contribution in [0.4, 0.5) is 0 Å². The topological polar surface area (TPSA) is 294 Å². The molecule has 0 saturated heterocycles. The summed E-state index contributed by atoms with van der Waals surface area (Å²) >= 11 is 1.65. The number of aliphatic hydroxyl groups is 1. The lowest BCUT2D eigenvalue weighted by molar-refractivity contribution is -0.133. The first kappa shape index (κ1) is 56.0. The van der Waals surface area contributed by atoms with Crippen molar-refractivity contribution in [3.8, 4) is 5.75 Å². The minimum atomic E-state index is -1.10. The number of benzene rings is 1. The average molecular weight is 900 g/mol. The summed E-state index contributed by atoms with van der Waals surface area (Å²) in [5.74, 6) is -3.63. The highest BCUT2D eigenvalue weighted by atomic mass is 32.2. The second kappa shape index (κ2) is 35.4. The van der Waals surface area contributed by atoms with Gasteiger partial charge in [0.05, 0.1) is 70.9 Å². The van der Waals surface area contributed by atoms with Crippen LogP contribution in [0.1, 0.15) is 63.9 Å².